The maximum atomic E-state index is 14.0. The molecule has 3 aromatic rings. The zero-order valence-electron chi connectivity index (χ0n) is 18.9. The van der Waals surface area contributed by atoms with Crippen molar-refractivity contribution in [2.24, 2.45) is 0 Å². The largest absolute Gasteiger partial charge is 0.346 e. The summed E-state index contributed by atoms with van der Waals surface area (Å²) in [6, 6.07) is 7.18. The van der Waals surface area contributed by atoms with E-state index in [4.69, 9.17) is 0 Å². The molecule has 4 rings (SSSR count). The number of aromatic nitrogens is 3. The quantitative estimate of drug-likeness (QED) is 0.674. The molecule has 0 atom stereocenters. The molecule has 1 fully saturated rings. The number of likely N-dealkylation sites (tertiary alicyclic amines) is 1. The van der Waals surface area contributed by atoms with E-state index in [-0.39, 0.29) is 17.4 Å². The number of hydrogen-bond donors (Lipinski definition) is 1. The highest BCUT2D eigenvalue weighted by Gasteiger charge is 2.32. The smallest absolute Gasteiger partial charge is 0.270 e. The molecule has 1 aliphatic rings. The number of pyridine rings is 2. The van der Waals surface area contributed by atoms with Gasteiger partial charge in [0.25, 0.3) is 11.8 Å². The van der Waals surface area contributed by atoms with Crippen LogP contribution < -0.4 is 5.32 Å². The fraction of sp³-hybridized carbons (Fsp3) is 0.417. The normalized spacial score (nSPS) is 16.2. The van der Waals surface area contributed by atoms with Gasteiger partial charge in [-0.3, -0.25) is 14.2 Å². The molecule has 3 aromatic heterocycles. The minimum Gasteiger partial charge on any atom is -0.346 e. The van der Waals surface area contributed by atoms with Crippen molar-refractivity contribution in [3.63, 3.8) is 0 Å². The molecular formula is C24H28FN5O2. The highest BCUT2D eigenvalue weighted by molar-refractivity contribution is 5.97. The number of fused-ring (bicyclic) bond motifs is 1. The Balaban J connectivity index is 1.53. The van der Waals surface area contributed by atoms with Gasteiger partial charge in [-0.2, -0.15) is 0 Å². The lowest BCUT2D eigenvalue weighted by molar-refractivity contribution is 0.0503. The molecule has 0 unspecified atom stereocenters. The van der Waals surface area contributed by atoms with Crippen LogP contribution in [0.15, 0.2) is 42.9 Å². The van der Waals surface area contributed by atoms with Crippen LogP contribution in [0.5, 0.6) is 0 Å². The lowest BCUT2D eigenvalue weighted by Gasteiger charge is -2.34. The monoisotopic (exact) mass is 437 g/mol. The van der Waals surface area contributed by atoms with Crippen LogP contribution in [0, 0.1) is 0 Å². The number of nitrogens with one attached hydrogen (secondary N) is 1. The van der Waals surface area contributed by atoms with Crippen molar-refractivity contribution < 1.29 is 14.0 Å². The number of carbonyl (C=O) groups excluding carboxylic acids is 2. The third kappa shape index (κ3) is 4.64. The molecule has 1 saturated heterocycles. The SMILES string of the molecule is CC1(F)CCN(C(=O)c2cnc3c(ccn3-c3ccc(C(=O)NC(C)(C)C)nc3)c2)CC1. The van der Waals surface area contributed by atoms with Gasteiger partial charge < -0.3 is 10.2 Å². The summed E-state index contributed by atoms with van der Waals surface area (Å²) in [4.78, 5) is 35.6. The Kier molecular flexibility index (Phi) is 5.48. The van der Waals surface area contributed by atoms with Crippen molar-refractivity contribution in [1.82, 2.24) is 24.8 Å². The van der Waals surface area contributed by atoms with Gasteiger partial charge >= 0.3 is 0 Å². The molecule has 1 aliphatic heterocycles. The fourth-order valence-corrected chi connectivity index (χ4v) is 3.78. The summed E-state index contributed by atoms with van der Waals surface area (Å²) in [6.45, 7) is 8.15. The van der Waals surface area contributed by atoms with Gasteiger partial charge in [0.2, 0.25) is 0 Å². The summed E-state index contributed by atoms with van der Waals surface area (Å²) in [6.07, 6.45) is 5.73. The van der Waals surface area contributed by atoms with E-state index in [1.54, 1.807) is 30.3 Å². The Hall–Kier alpha value is -3.29. The van der Waals surface area contributed by atoms with E-state index in [0.29, 0.717) is 42.8 Å². The number of piperidine rings is 1. The molecule has 32 heavy (non-hydrogen) atoms. The average molecular weight is 438 g/mol. The van der Waals surface area contributed by atoms with E-state index in [0.717, 1.165) is 11.1 Å². The zero-order valence-corrected chi connectivity index (χ0v) is 18.9. The molecule has 1 N–H and O–H groups in total. The molecule has 0 radical (unpaired) electrons. The topological polar surface area (TPSA) is 80.1 Å². The van der Waals surface area contributed by atoms with Crippen molar-refractivity contribution in [2.75, 3.05) is 13.1 Å². The molecule has 0 spiro atoms. The molecular weight excluding hydrogens is 409 g/mol. The fourth-order valence-electron chi connectivity index (χ4n) is 3.78. The van der Waals surface area contributed by atoms with Gasteiger partial charge in [-0.05, 0) is 64.8 Å². The molecule has 168 valence electrons. The Morgan fingerprint density at radius 3 is 2.44 bits per heavy atom. The molecule has 0 aromatic carbocycles. The molecule has 0 saturated carbocycles. The summed E-state index contributed by atoms with van der Waals surface area (Å²) < 4.78 is 15.9. The number of amides is 2. The van der Waals surface area contributed by atoms with Crippen LogP contribution in [-0.2, 0) is 0 Å². The third-order valence-corrected chi connectivity index (χ3v) is 5.61. The van der Waals surface area contributed by atoms with Crippen LogP contribution in [-0.4, -0.2) is 55.5 Å². The molecule has 4 heterocycles. The molecule has 2 amide bonds. The van der Waals surface area contributed by atoms with E-state index < -0.39 is 5.67 Å². The first kappa shape index (κ1) is 21.9. The Labute approximate surface area is 186 Å². The highest BCUT2D eigenvalue weighted by Crippen LogP contribution is 2.27. The lowest BCUT2D eigenvalue weighted by atomic mass is 9.95. The maximum Gasteiger partial charge on any atom is 0.270 e. The number of hydrogen-bond acceptors (Lipinski definition) is 4. The summed E-state index contributed by atoms with van der Waals surface area (Å²) in [5.41, 5.74) is 0.736. The maximum absolute atomic E-state index is 14.0. The standard InChI is InChI=1S/C24H28FN5O2/c1-23(2,3)28-21(31)19-6-5-18(15-26-19)30-10-7-16-13-17(14-27-20(16)30)22(32)29-11-8-24(4,25)9-12-29/h5-7,10,13-15H,8-9,11-12H2,1-4H3,(H,28,31). The van der Waals surface area contributed by atoms with Gasteiger partial charge in [-0.25, -0.2) is 14.4 Å². The number of nitrogens with zero attached hydrogens (tertiary/aromatic N) is 4. The second-order valence-electron chi connectivity index (χ2n) is 9.63. The Bertz CT molecular complexity index is 1150. The molecule has 7 nitrogen and oxygen atoms in total. The van der Waals surface area contributed by atoms with E-state index in [1.807, 2.05) is 49.7 Å². The predicted octanol–water partition coefficient (Wildman–Crippen LogP) is 3.91. The van der Waals surface area contributed by atoms with E-state index in [9.17, 15) is 14.0 Å². The highest BCUT2D eigenvalue weighted by atomic mass is 19.1. The predicted molar refractivity (Wildman–Crippen MR) is 121 cm³/mol. The van der Waals surface area contributed by atoms with Gasteiger partial charge in [0, 0.05) is 36.4 Å². The van der Waals surface area contributed by atoms with Gasteiger partial charge in [0.15, 0.2) is 0 Å². The number of rotatable bonds is 3. The first-order valence-electron chi connectivity index (χ1n) is 10.8. The number of halogens is 1. The van der Waals surface area contributed by atoms with E-state index in [2.05, 4.69) is 15.3 Å². The number of carbonyl (C=O) groups is 2. The van der Waals surface area contributed by atoms with Crippen molar-refractivity contribution in [2.45, 2.75) is 51.7 Å². The molecule has 8 heteroatoms. The third-order valence-electron chi connectivity index (χ3n) is 5.61. The first-order valence-corrected chi connectivity index (χ1v) is 10.8. The summed E-state index contributed by atoms with van der Waals surface area (Å²) in [5.74, 6) is -0.355. The second kappa shape index (κ2) is 8.00. The summed E-state index contributed by atoms with van der Waals surface area (Å²) in [5, 5.41) is 3.71. The Morgan fingerprint density at radius 2 is 1.81 bits per heavy atom. The number of alkyl halides is 1. The lowest BCUT2D eigenvalue weighted by Crippen LogP contribution is -2.43. The van der Waals surface area contributed by atoms with Crippen molar-refractivity contribution in [1.29, 1.82) is 0 Å². The van der Waals surface area contributed by atoms with Gasteiger partial charge in [0.05, 0.1) is 17.4 Å². The summed E-state index contributed by atoms with van der Waals surface area (Å²) in [7, 11) is 0. The van der Waals surface area contributed by atoms with Gasteiger partial charge in [-0.15, -0.1) is 0 Å². The van der Waals surface area contributed by atoms with Crippen LogP contribution in [0.25, 0.3) is 16.7 Å². The second-order valence-corrected chi connectivity index (χ2v) is 9.63. The average Bonchev–Trinajstić information content (AvgIpc) is 3.15. The summed E-state index contributed by atoms with van der Waals surface area (Å²) >= 11 is 0. The van der Waals surface area contributed by atoms with Crippen LogP contribution in [0.2, 0.25) is 0 Å². The minimum absolute atomic E-state index is 0.126. The van der Waals surface area contributed by atoms with E-state index in [1.165, 1.54) is 0 Å². The minimum atomic E-state index is -1.20. The van der Waals surface area contributed by atoms with Crippen molar-refractivity contribution in [3.8, 4) is 5.69 Å². The molecule has 0 bridgehead atoms. The van der Waals surface area contributed by atoms with Crippen molar-refractivity contribution >= 4 is 22.8 Å². The van der Waals surface area contributed by atoms with Crippen LogP contribution in [0.1, 0.15) is 61.4 Å². The van der Waals surface area contributed by atoms with Gasteiger partial charge in [0.1, 0.15) is 17.0 Å². The Morgan fingerprint density at radius 1 is 1.09 bits per heavy atom. The molecule has 0 aliphatic carbocycles. The van der Waals surface area contributed by atoms with Crippen LogP contribution in [0.4, 0.5) is 4.39 Å². The van der Waals surface area contributed by atoms with Gasteiger partial charge in [-0.1, -0.05) is 0 Å². The zero-order chi connectivity index (χ0) is 23.1. The van der Waals surface area contributed by atoms with Crippen molar-refractivity contribution in [3.05, 3.63) is 54.1 Å². The van der Waals surface area contributed by atoms with Crippen LogP contribution >= 0.6 is 0 Å². The first-order chi connectivity index (χ1) is 15.0. The van der Waals surface area contributed by atoms with E-state index >= 15 is 0 Å². The van der Waals surface area contributed by atoms with Crippen LogP contribution in [0.3, 0.4) is 0 Å².